The minimum absolute atomic E-state index is 0.118. The number of anilines is 1. The Morgan fingerprint density at radius 2 is 1.86 bits per heavy atom. The van der Waals surface area contributed by atoms with Crippen LogP contribution in [0.15, 0.2) is 60.7 Å². The highest BCUT2D eigenvalue weighted by molar-refractivity contribution is 6.31. The second-order valence-electron chi connectivity index (χ2n) is 8.92. The van der Waals surface area contributed by atoms with Gasteiger partial charge in [-0.15, -0.1) is 6.42 Å². The van der Waals surface area contributed by atoms with Crippen molar-refractivity contribution in [1.29, 1.82) is 0 Å². The van der Waals surface area contributed by atoms with E-state index in [2.05, 4.69) is 16.6 Å². The fourth-order valence-electron chi connectivity index (χ4n) is 5.61. The van der Waals surface area contributed by atoms with Gasteiger partial charge in [0.05, 0.1) is 6.04 Å². The molecule has 0 bridgehead atoms. The highest BCUT2D eigenvalue weighted by Gasteiger charge is 2.61. The second-order valence-corrected chi connectivity index (χ2v) is 9.79. The van der Waals surface area contributed by atoms with E-state index in [9.17, 15) is 9.59 Å². The van der Waals surface area contributed by atoms with Gasteiger partial charge in [0.15, 0.2) is 0 Å². The molecule has 176 valence electrons. The lowest BCUT2D eigenvalue weighted by Crippen LogP contribution is -2.57. The zero-order valence-electron chi connectivity index (χ0n) is 18.8. The Morgan fingerprint density at radius 3 is 2.60 bits per heavy atom. The number of nitrogens with one attached hydrogen (secondary N) is 2. The average molecular weight is 504 g/mol. The van der Waals surface area contributed by atoms with Crippen LogP contribution >= 0.6 is 23.2 Å². The lowest BCUT2D eigenvalue weighted by atomic mass is 9.59. The smallest absolute Gasteiger partial charge is 0.238 e. The van der Waals surface area contributed by atoms with Crippen LogP contribution in [0.25, 0.3) is 0 Å². The molecule has 2 aliphatic rings. The summed E-state index contributed by atoms with van der Waals surface area (Å²) < 4.78 is 0. The summed E-state index contributed by atoms with van der Waals surface area (Å²) in [6.45, 7) is 0.409. The molecule has 5 nitrogen and oxygen atoms in total. The van der Waals surface area contributed by atoms with Gasteiger partial charge in [0, 0.05) is 33.6 Å². The first kappa shape index (κ1) is 23.4. The Balaban J connectivity index is 1.83. The SMILES string of the molecule is C#Cc1ccc(CCN)c([C@H]2NC(=O)C[C@@H](c3cccc(Cl)c3)[C@]23C(=O)Nc2cc(Cl)ccc23)c1. The molecule has 3 aromatic rings. The fourth-order valence-corrected chi connectivity index (χ4v) is 5.98. The van der Waals surface area contributed by atoms with E-state index >= 15 is 0 Å². The minimum Gasteiger partial charge on any atom is -0.348 e. The molecule has 0 radical (unpaired) electrons. The van der Waals surface area contributed by atoms with Crippen LogP contribution in [-0.4, -0.2) is 18.4 Å². The molecule has 3 aromatic carbocycles. The van der Waals surface area contributed by atoms with Crippen molar-refractivity contribution in [3.63, 3.8) is 0 Å². The van der Waals surface area contributed by atoms with Crippen molar-refractivity contribution in [1.82, 2.24) is 5.32 Å². The number of halogens is 2. The van der Waals surface area contributed by atoms with Gasteiger partial charge in [-0.3, -0.25) is 9.59 Å². The lowest BCUT2D eigenvalue weighted by Gasteiger charge is -2.47. The number of rotatable bonds is 4. The molecule has 4 N–H and O–H groups in total. The number of carbonyl (C=O) groups excluding carboxylic acids is 2. The van der Waals surface area contributed by atoms with E-state index in [1.165, 1.54) is 0 Å². The quantitative estimate of drug-likeness (QED) is 0.450. The maximum atomic E-state index is 14.1. The molecular weight excluding hydrogens is 481 g/mol. The summed E-state index contributed by atoms with van der Waals surface area (Å²) in [6, 6.07) is 17.7. The maximum absolute atomic E-state index is 14.1. The predicted octanol–water partition coefficient (Wildman–Crippen LogP) is 4.71. The molecule has 2 amide bonds. The Bertz CT molecular complexity index is 1400. The van der Waals surface area contributed by atoms with E-state index in [0.717, 1.165) is 22.3 Å². The van der Waals surface area contributed by atoms with Crippen molar-refractivity contribution >= 4 is 40.7 Å². The van der Waals surface area contributed by atoms with Crippen LogP contribution in [0.4, 0.5) is 5.69 Å². The lowest BCUT2D eigenvalue weighted by molar-refractivity contribution is -0.131. The van der Waals surface area contributed by atoms with Gasteiger partial charge in [-0.25, -0.2) is 0 Å². The van der Waals surface area contributed by atoms with E-state index in [1.807, 2.05) is 42.5 Å². The predicted molar refractivity (Wildman–Crippen MR) is 139 cm³/mol. The van der Waals surface area contributed by atoms with Gasteiger partial charge in [-0.2, -0.15) is 0 Å². The first-order chi connectivity index (χ1) is 16.9. The second kappa shape index (κ2) is 9.05. The first-order valence-electron chi connectivity index (χ1n) is 11.3. The minimum atomic E-state index is -1.16. The summed E-state index contributed by atoms with van der Waals surface area (Å²) >= 11 is 12.6. The van der Waals surface area contributed by atoms with Crippen LogP contribution < -0.4 is 16.4 Å². The summed E-state index contributed by atoms with van der Waals surface area (Å²) in [6.07, 6.45) is 6.42. The molecule has 0 unspecified atom stereocenters. The molecule has 0 aliphatic carbocycles. The third-order valence-corrected chi connectivity index (χ3v) is 7.51. The summed E-state index contributed by atoms with van der Waals surface area (Å²) in [7, 11) is 0. The molecule has 7 heteroatoms. The van der Waals surface area contributed by atoms with E-state index in [0.29, 0.717) is 34.3 Å². The van der Waals surface area contributed by atoms with Crippen molar-refractivity contribution in [3.8, 4) is 12.3 Å². The summed E-state index contributed by atoms with van der Waals surface area (Å²) in [4.78, 5) is 27.3. The Hall–Kier alpha value is -3.30. The molecule has 0 saturated carbocycles. The number of carbonyl (C=O) groups is 2. The molecule has 35 heavy (non-hydrogen) atoms. The van der Waals surface area contributed by atoms with Crippen molar-refractivity contribution in [2.24, 2.45) is 5.73 Å². The topological polar surface area (TPSA) is 84.2 Å². The molecule has 1 fully saturated rings. The van der Waals surface area contributed by atoms with Crippen LogP contribution in [0.3, 0.4) is 0 Å². The van der Waals surface area contributed by atoms with Gasteiger partial charge >= 0.3 is 0 Å². The Kier molecular flexibility index (Phi) is 6.06. The average Bonchev–Trinajstić information content (AvgIpc) is 3.12. The molecular formula is C28H23Cl2N3O2. The number of hydrogen-bond donors (Lipinski definition) is 3. The number of fused-ring (bicyclic) bond motifs is 2. The largest absolute Gasteiger partial charge is 0.348 e. The van der Waals surface area contributed by atoms with Gasteiger partial charge in [0.2, 0.25) is 11.8 Å². The van der Waals surface area contributed by atoms with Crippen LogP contribution in [0, 0.1) is 12.3 Å². The van der Waals surface area contributed by atoms with Gasteiger partial charge in [0.25, 0.3) is 0 Å². The number of hydrogen-bond acceptors (Lipinski definition) is 3. The normalized spacial score (nSPS) is 22.9. The van der Waals surface area contributed by atoms with E-state index < -0.39 is 17.4 Å². The van der Waals surface area contributed by atoms with Gasteiger partial charge < -0.3 is 16.4 Å². The maximum Gasteiger partial charge on any atom is 0.238 e. The monoisotopic (exact) mass is 503 g/mol. The third-order valence-electron chi connectivity index (χ3n) is 7.04. The Morgan fingerprint density at radius 1 is 1.06 bits per heavy atom. The van der Waals surface area contributed by atoms with Crippen molar-refractivity contribution < 1.29 is 9.59 Å². The summed E-state index contributed by atoms with van der Waals surface area (Å²) in [5, 5.41) is 7.22. The molecule has 0 aromatic heterocycles. The van der Waals surface area contributed by atoms with Gasteiger partial charge in [-0.1, -0.05) is 53.4 Å². The molecule has 2 aliphatic heterocycles. The van der Waals surface area contributed by atoms with Crippen LogP contribution in [0.2, 0.25) is 10.0 Å². The first-order valence-corrected chi connectivity index (χ1v) is 12.1. The third kappa shape index (κ3) is 3.79. The zero-order valence-corrected chi connectivity index (χ0v) is 20.3. The number of piperidine rings is 1. The van der Waals surface area contributed by atoms with Crippen molar-refractivity contribution in [2.45, 2.75) is 30.2 Å². The highest BCUT2D eigenvalue weighted by atomic mass is 35.5. The summed E-state index contributed by atoms with van der Waals surface area (Å²) in [5.74, 6) is 1.82. The molecule has 1 saturated heterocycles. The number of terminal acetylenes is 1. The van der Waals surface area contributed by atoms with Crippen molar-refractivity contribution in [2.75, 3.05) is 11.9 Å². The molecule has 1 spiro atoms. The molecule has 5 rings (SSSR count). The van der Waals surface area contributed by atoms with Crippen LogP contribution in [0.1, 0.15) is 46.2 Å². The van der Waals surface area contributed by atoms with E-state index in [1.54, 1.807) is 18.2 Å². The van der Waals surface area contributed by atoms with E-state index in [-0.39, 0.29) is 18.2 Å². The number of benzene rings is 3. The van der Waals surface area contributed by atoms with Gasteiger partial charge in [-0.05, 0) is 71.6 Å². The molecule has 3 atom stereocenters. The number of nitrogens with two attached hydrogens (primary N) is 1. The fraction of sp³-hybridized carbons (Fsp3) is 0.214. The van der Waals surface area contributed by atoms with E-state index in [4.69, 9.17) is 35.4 Å². The van der Waals surface area contributed by atoms with Gasteiger partial charge in [0.1, 0.15) is 5.41 Å². The zero-order chi connectivity index (χ0) is 24.7. The highest BCUT2D eigenvalue weighted by Crippen LogP contribution is 2.58. The summed E-state index contributed by atoms with van der Waals surface area (Å²) in [5.41, 5.74) is 9.34. The van der Waals surface area contributed by atoms with Crippen molar-refractivity contribution in [3.05, 3.63) is 98.5 Å². The number of amides is 2. The molecule has 2 heterocycles. The standard InChI is InChI=1S/C28H23Cl2N3O2/c1-2-16-6-7-17(10-11-31)21(12-16)26-28(22-9-8-20(30)14-24(22)32-27(28)35)23(15-25(34)33-26)18-4-3-5-19(29)13-18/h1,3-9,12-14,23,26H,10-11,15,31H2,(H,32,35)(H,33,34)/t23-,26+,28-/m0/s1. The Labute approximate surface area is 214 Å². The van der Waals surface area contributed by atoms with Crippen LogP contribution in [0.5, 0.6) is 0 Å². The van der Waals surface area contributed by atoms with Crippen LogP contribution in [-0.2, 0) is 21.4 Å².